The SMILES string of the molecule is CC(C)(C)OC(=O)NC12COC(C=O)(C1)C2. The average Bonchev–Trinajstić information content (AvgIpc) is 2.55. The number of amides is 1. The predicted octanol–water partition coefficient (Wildman–Crippen LogP) is 1.01. The maximum atomic E-state index is 11.6. The first-order chi connectivity index (χ1) is 7.28. The maximum absolute atomic E-state index is 11.6. The molecule has 1 N–H and O–H groups in total. The smallest absolute Gasteiger partial charge is 0.408 e. The van der Waals surface area contributed by atoms with Gasteiger partial charge < -0.3 is 19.6 Å². The summed E-state index contributed by atoms with van der Waals surface area (Å²) in [6.45, 7) is 5.83. The van der Waals surface area contributed by atoms with Crippen LogP contribution in [0.3, 0.4) is 0 Å². The van der Waals surface area contributed by atoms with Crippen LogP contribution in [-0.2, 0) is 14.3 Å². The lowest BCUT2D eigenvalue weighted by Crippen LogP contribution is -2.60. The van der Waals surface area contributed by atoms with E-state index < -0.39 is 17.3 Å². The van der Waals surface area contributed by atoms with Crippen LogP contribution in [0.4, 0.5) is 4.79 Å². The molecule has 2 saturated heterocycles. The quantitative estimate of drug-likeness (QED) is 0.715. The number of nitrogens with one attached hydrogen (secondary N) is 1. The van der Waals surface area contributed by atoms with Crippen molar-refractivity contribution in [2.45, 2.75) is 50.4 Å². The monoisotopic (exact) mass is 227 g/mol. The molecule has 5 heteroatoms. The second-order valence-electron chi connectivity index (χ2n) is 5.73. The molecule has 2 bridgehead atoms. The molecular weight excluding hydrogens is 210 g/mol. The average molecular weight is 227 g/mol. The number of rotatable bonds is 2. The topological polar surface area (TPSA) is 64.6 Å². The highest BCUT2D eigenvalue weighted by Crippen LogP contribution is 2.50. The lowest BCUT2D eigenvalue weighted by Gasteiger charge is -2.41. The van der Waals surface area contributed by atoms with E-state index in [-0.39, 0.29) is 5.54 Å². The molecule has 16 heavy (non-hydrogen) atoms. The summed E-state index contributed by atoms with van der Waals surface area (Å²) in [5, 5.41) is 2.79. The number of fused-ring (bicyclic) bond motifs is 1. The molecule has 0 aromatic heterocycles. The molecule has 0 radical (unpaired) electrons. The molecule has 0 spiro atoms. The Morgan fingerprint density at radius 2 is 2.06 bits per heavy atom. The summed E-state index contributed by atoms with van der Waals surface area (Å²) in [5.74, 6) is 0. The number of aldehydes is 1. The van der Waals surface area contributed by atoms with Gasteiger partial charge in [0.05, 0.1) is 12.1 Å². The van der Waals surface area contributed by atoms with Gasteiger partial charge in [-0.2, -0.15) is 0 Å². The third-order valence-corrected chi connectivity index (χ3v) is 2.89. The van der Waals surface area contributed by atoms with Gasteiger partial charge in [-0.05, 0) is 20.8 Å². The first-order valence-corrected chi connectivity index (χ1v) is 5.40. The van der Waals surface area contributed by atoms with Crippen LogP contribution >= 0.6 is 0 Å². The Balaban J connectivity index is 1.89. The summed E-state index contributed by atoms with van der Waals surface area (Å²) in [6, 6.07) is 0. The molecule has 1 saturated carbocycles. The number of carbonyl (C=O) groups is 2. The van der Waals surface area contributed by atoms with Crippen LogP contribution in [0.5, 0.6) is 0 Å². The van der Waals surface area contributed by atoms with Crippen LogP contribution in [0.25, 0.3) is 0 Å². The molecule has 0 unspecified atom stereocenters. The zero-order chi connectivity index (χ0) is 12.0. The molecule has 1 aliphatic carbocycles. The van der Waals surface area contributed by atoms with Crippen molar-refractivity contribution in [2.24, 2.45) is 0 Å². The molecule has 2 heterocycles. The summed E-state index contributed by atoms with van der Waals surface area (Å²) < 4.78 is 10.5. The van der Waals surface area contributed by atoms with Crippen LogP contribution < -0.4 is 5.32 Å². The van der Waals surface area contributed by atoms with E-state index in [9.17, 15) is 9.59 Å². The highest BCUT2D eigenvalue weighted by Gasteiger charge is 2.63. The summed E-state index contributed by atoms with van der Waals surface area (Å²) in [5.41, 5.74) is -1.54. The van der Waals surface area contributed by atoms with Crippen molar-refractivity contribution >= 4 is 12.4 Å². The van der Waals surface area contributed by atoms with Crippen LogP contribution in [0.2, 0.25) is 0 Å². The molecule has 2 aliphatic heterocycles. The minimum absolute atomic E-state index is 0.386. The lowest BCUT2D eigenvalue weighted by molar-refractivity contribution is -0.128. The van der Waals surface area contributed by atoms with Crippen molar-refractivity contribution in [3.63, 3.8) is 0 Å². The zero-order valence-corrected chi connectivity index (χ0v) is 9.83. The van der Waals surface area contributed by atoms with Gasteiger partial charge in [0, 0.05) is 12.8 Å². The fraction of sp³-hybridized carbons (Fsp3) is 0.818. The van der Waals surface area contributed by atoms with E-state index in [1.54, 1.807) is 0 Å². The Kier molecular flexibility index (Phi) is 2.28. The number of alkyl carbamates (subject to hydrolysis) is 1. The minimum atomic E-state index is -0.644. The van der Waals surface area contributed by atoms with E-state index in [2.05, 4.69) is 5.32 Å². The van der Waals surface area contributed by atoms with Gasteiger partial charge >= 0.3 is 6.09 Å². The Morgan fingerprint density at radius 1 is 1.44 bits per heavy atom. The maximum Gasteiger partial charge on any atom is 0.408 e. The van der Waals surface area contributed by atoms with E-state index in [1.165, 1.54) is 0 Å². The van der Waals surface area contributed by atoms with E-state index >= 15 is 0 Å². The van der Waals surface area contributed by atoms with Crippen LogP contribution in [0, 0.1) is 0 Å². The van der Waals surface area contributed by atoms with Crippen LogP contribution in [0.1, 0.15) is 33.6 Å². The van der Waals surface area contributed by atoms with Gasteiger partial charge in [-0.15, -0.1) is 0 Å². The van der Waals surface area contributed by atoms with Crippen molar-refractivity contribution in [1.82, 2.24) is 5.32 Å². The molecular formula is C11H17NO4. The second kappa shape index (κ2) is 3.20. The Morgan fingerprint density at radius 3 is 2.50 bits per heavy atom. The van der Waals surface area contributed by atoms with Gasteiger partial charge in [0.15, 0.2) is 6.29 Å². The van der Waals surface area contributed by atoms with E-state index in [1.807, 2.05) is 20.8 Å². The molecule has 5 nitrogen and oxygen atoms in total. The normalized spacial score (nSPS) is 36.4. The standard InChI is InChI=1S/C11H17NO4/c1-9(2,3)16-8(14)12-10-4-11(5-10,6-13)15-7-10/h6H,4-5,7H2,1-3H3,(H,12,14). The number of carbonyl (C=O) groups excluding carboxylic acids is 2. The number of hydrogen-bond donors (Lipinski definition) is 1. The molecule has 0 aromatic rings. The first kappa shape index (κ1) is 11.4. The molecule has 3 fully saturated rings. The second-order valence-corrected chi connectivity index (χ2v) is 5.73. The van der Waals surface area contributed by atoms with Gasteiger partial charge in [0.1, 0.15) is 11.2 Å². The molecule has 1 amide bonds. The zero-order valence-electron chi connectivity index (χ0n) is 9.83. The number of ether oxygens (including phenoxy) is 2. The third kappa shape index (κ3) is 1.91. The Labute approximate surface area is 94.5 Å². The summed E-state index contributed by atoms with van der Waals surface area (Å²) >= 11 is 0. The van der Waals surface area contributed by atoms with E-state index in [0.29, 0.717) is 19.4 Å². The fourth-order valence-electron chi connectivity index (χ4n) is 2.34. The third-order valence-electron chi connectivity index (χ3n) is 2.89. The van der Waals surface area contributed by atoms with Crippen molar-refractivity contribution in [1.29, 1.82) is 0 Å². The van der Waals surface area contributed by atoms with Gasteiger partial charge in [-0.25, -0.2) is 4.79 Å². The molecule has 0 aromatic carbocycles. The highest BCUT2D eigenvalue weighted by atomic mass is 16.6. The summed E-state index contributed by atoms with van der Waals surface area (Å²) in [4.78, 5) is 22.3. The minimum Gasteiger partial charge on any atom is -0.444 e. The largest absolute Gasteiger partial charge is 0.444 e. The van der Waals surface area contributed by atoms with Crippen LogP contribution in [-0.4, -0.2) is 35.7 Å². The summed E-state index contributed by atoms with van der Waals surface area (Å²) in [6.07, 6.45) is 1.50. The van der Waals surface area contributed by atoms with E-state index in [4.69, 9.17) is 9.47 Å². The van der Waals surface area contributed by atoms with Gasteiger partial charge in [0.2, 0.25) is 0 Å². The number of hydrogen-bond acceptors (Lipinski definition) is 4. The van der Waals surface area contributed by atoms with Crippen molar-refractivity contribution in [2.75, 3.05) is 6.61 Å². The Bertz CT molecular complexity index is 325. The predicted molar refractivity (Wildman–Crippen MR) is 56.1 cm³/mol. The van der Waals surface area contributed by atoms with Crippen molar-refractivity contribution in [3.8, 4) is 0 Å². The van der Waals surface area contributed by atoms with E-state index in [0.717, 1.165) is 6.29 Å². The Hall–Kier alpha value is -1.10. The fourth-order valence-corrected chi connectivity index (χ4v) is 2.34. The van der Waals surface area contributed by atoms with Gasteiger partial charge in [-0.3, -0.25) is 0 Å². The highest BCUT2D eigenvalue weighted by molar-refractivity contribution is 5.73. The van der Waals surface area contributed by atoms with Crippen LogP contribution in [0.15, 0.2) is 0 Å². The molecule has 3 rings (SSSR count). The van der Waals surface area contributed by atoms with Crippen molar-refractivity contribution < 1.29 is 19.1 Å². The molecule has 0 atom stereocenters. The molecule has 3 aliphatic rings. The molecule has 90 valence electrons. The van der Waals surface area contributed by atoms with Crippen molar-refractivity contribution in [3.05, 3.63) is 0 Å². The first-order valence-electron chi connectivity index (χ1n) is 5.40. The van der Waals surface area contributed by atoms with Gasteiger partial charge in [-0.1, -0.05) is 0 Å². The lowest BCUT2D eigenvalue weighted by atomic mass is 9.69. The summed E-state index contributed by atoms with van der Waals surface area (Å²) in [7, 11) is 0. The van der Waals surface area contributed by atoms with Gasteiger partial charge in [0.25, 0.3) is 0 Å².